The van der Waals surface area contributed by atoms with Crippen molar-refractivity contribution in [3.05, 3.63) is 230 Å². The van der Waals surface area contributed by atoms with Gasteiger partial charge in [0.15, 0.2) is 0 Å². The van der Waals surface area contributed by atoms with Crippen LogP contribution >= 0.6 is 11.3 Å². The number of hydrogen-bond donors (Lipinski definition) is 0. The molecule has 3 heterocycles. The van der Waals surface area contributed by atoms with E-state index in [1.807, 2.05) is 60.8 Å². The highest BCUT2D eigenvalue weighted by atomic mass is 32.1. The Morgan fingerprint density at radius 1 is 0.458 bits per heavy atom. The minimum Gasteiger partial charge on any atom is -0.463 e. The maximum Gasteiger partial charge on any atom is 0.135 e. The molecular weight excluding hydrogens is 739 g/mol. The zero-order valence-electron chi connectivity index (χ0n) is 32.5. The Morgan fingerprint density at radius 3 is 1.92 bits per heavy atom. The SMILES string of the molecule is C=C1\C=C/C=C\C=C\C(c2ccc(N(c3ccc(-c4ccc5oc6ccccc6c5c4)cc3)c3cccc(-c4ccc5sc6ccccc6c5c4)c3)cc2)=C/C=C(\C)O1. The number of ether oxygens (including phenoxy) is 1. The summed E-state index contributed by atoms with van der Waals surface area (Å²) in [7, 11) is 0. The van der Waals surface area contributed by atoms with E-state index in [2.05, 4.69) is 175 Å². The lowest BCUT2D eigenvalue weighted by molar-refractivity contribution is 0.324. The molecule has 0 saturated carbocycles. The van der Waals surface area contributed by atoms with Crippen LogP contribution in [0.5, 0.6) is 0 Å². The summed E-state index contributed by atoms with van der Waals surface area (Å²) in [5.74, 6) is 1.36. The van der Waals surface area contributed by atoms with Crippen molar-refractivity contribution in [1.29, 1.82) is 0 Å². The van der Waals surface area contributed by atoms with E-state index >= 15 is 0 Å². The Balaban J connectivity index is 1.05. The van der Waals surface area contributed by atoms with Crippen LogP contribution in [0, 0.1) is 0 Å². The third-order valence-electron chi connectivity index (χ3n) is 10.8. The molecule has 1 aliphatic rings. The van der Waals surface area contributed by atoms with Gasteiger partial charge in [-0.3, -0.25) is 0 Å². The first-order valence-electron chi connectivity index (χ1n) is 19.7. The maximum atomic E-state index is 6.13. The van der Waals surface area contributed by atoms with Gasteiger partial charge in [-0.1, -0.05) is 128 Å². The zero-order valence-corrected chi connectivity index (χ0v) is 33.3. The van der Waals surface area contributed by atoms with Gasteiger partial charge in [0.2, 0.25) is 0 Å². The summed E-state index contributed by atoms with van der Waals surface area (Å²) >= 11 is 1.85. The summed E-state index contributed by atoms with van der Waals surface area (Å²) < 4.78 is 14.6. The molecule has 0 atom stereocenters. The van der Waals surface area contributed by atoms with Gasteiger partial charge in [-0.15, -0.1) is 11.3 Å². The number of furan rings is 1. The van der Waals surface area contributed by atoms with Gasteiger partial charge in [-0.05, 0) is 125 Å². The van der Waals surface area contributed by atoms with Gasteiger partial charge >= 0.3 is 0 Å². The number of para-hydroxylation sites is 1. The van der Waals surface area contributed by atoms with E-state index in [-0.39, 0.29) is 0 Å². The predicted octanol–water partition coefficient (Wildman–Crippen LogP) is 16.3. The number of hydrogen-bond acceptors (Lipinski definition) is 4. The van der Waals surface area contributed by atoms with Crippen molar-refractivity contribution >= 4 is 76.1 Å². The second-order valence-electron chi connectivity index (χ2n) is 14.7. The molecule has 7 aromatic carbocycles. The fraction of sp³-hybridized carbons (Fsp3) is 0.0182. The standard InChI is InChI=1S/C55H39NO2S/c1-37-12-5-3-4-6-13-39(21-20-38(2)57-37)40-22-28-45(29-23-40)56(46-30-24-41(25-31-46)43-26-32-53-50(35-43)48-16-7-9-18-52(48)58-53)47-15-11-14-42(34-47)44-27-33-55-51(36-44)49-17-8-10-19-54(49)59-55/h3-36H,1H2,2H3/b4-3-,12-5-,13-6+,38-20+,39-21+. The highest BCUT2D eigenvalue weighted by Gasteiger charge is 2.16. The van der Waals surface area contributed by atoms with Crippen LogP contribution in [0.3, 0.4) is 0 Å². The van der Waals surface area contributed by atoms with E-state index in [4.69, 9.17) is 9.15 Å². The Hall–Kier alpha value is -7.40. The third-order valence-corrected chi connectivity index (χ3v) is 11.9. The fourth-order valence-corrected chi connectivity index (χ4v) is 8.96. The highest BCUT2D eigenvalue weighted by Crippen LogP contribution is 2.41. The molecule has 10 rings (SSSR count). The third kappa shape index (κ3) is 7.23. The molecule has 2 aromatic heterocycles. The minimum absolute atomic E-state index is 0.595. The predicted molar refractivity (Wildman–Crippen MR) is 252 cm³/mol. The largest absolute Gasteiger partial charge is 0.463 e. The number of allylic oxidation sites excluding steroid dienone is 10. The van der Waals surface area contributed by atoms with E-state index < -0.39 is 0 Å². The lowest BCUT2D eigenvalue weighted by atomic mass is 10.0. The molecule has 0 aliphatic carbocycles. The van der Waals surface area contributed by atoms with Crippen molar-refractivity contribution < 1.29 is 9.15 Å². The van der Waals surface area contributed by atoms with Crippen LogP contribution < -0.4 is 4.90 Å². The van der Waals surface area contributed by atoms with Gasteiger partial charge in [0, 0.05) is 48.0 Å². The van der Waals surface area contributed by atoms with Gasteiger partial charge in [-0.25, -0.2) is 0 Å². The minimum atomic E-state index is 0.595. The van der Waals surface area contributed by atoms with E-state index in [0.717, 1.165) is 72.6 Å². The smallest absolute Gasteiger partial charge is 0.135 e. The zero-order chi connectivity index (χ0) is 39.7. The normalized spacial score (nSPS) is 16.7. The van der Waals surface area contributed by atoms with Crippen LogP contribution in [-0.4, -0.2) is 0 Å². The summed E-state index contributed by atoms with van der Waals surface area (Å²) in [4.78, 5) is 2.34. The second-order valence-corrected chi connectivity index (χ2v) is 15.8. The fourth-order valence-electron chi connectivity index (χ4n) is 7.87. The van der Waals surface area contributed by atoms with Crippen LogP contribution in [0.25, 0.3) is 69.9 Å². The molecule has 0 radical (unpaired) electrons. The molecule has 1 aliphatic heterocycles. The number of anilines is 3. The monoisotopic (exact) mass is 777 g/mol. The number of fused-ring (bicyclic) bond motifs is 6. The van der Waals surface area contributed by atoms with Crippen molar-refractivity contribution in [1.82, 2.24) is 0 Å². The number of rotatable bonds is 6. The Morgan fingerprint density at radius 2 is 1.08 bits per heavy atom. The number of thiophene rings is 1. The molecular formula is C55H39NO2S. The Bertz CT molecular complexity index is 3210. The Kier molecular flexibility index (Phi) is 9.45. The molecule has 59 heavy (non-hydrogen) atoms. The van der Waals surface area contributed by atoms with Crippen LogP contribution in [0.4, 0.5) is 17.1 Å². The molecule has 0 N–H and O–H groups in total. The molecule has 282 valence electrons. The van der Waals surface area contributed by atoms with Gasteiger partial charge in [0.25, 0.3) is 0 Å². The lowest BCUT2D eigenvalue weighted by Gasteiger charge is -2.26. The highest BCUT2D eigenvalue weighted by molar-refractivity contribution is 7.25. The van der Waals surface area contributed by atoms with Crippen LogP contribution in [-0.2, 0) is 4.74 Å². The van der Waals surface area contributed by atoms with Crippen molar-refractivity contribution in [3.8, 4) is 22.3 Å². The van der Waals surface area contributed by atoms with E-state index in [1.165, 1.54) is 25.7 Å². The van der Waals surface area contributed by atoms with Crippen molar-refractivity contribution in [2.75, 3.05) is 4.90 Å². The molecule has 0 fully saturated rings. The lowest BCUT2D eigenvalue weighted by Crippen LogP contribution is -2.10. The van der Waals surface area contributed by atoms with Gasteiger partial charge in [-0.2, -0.15) is 0 Å². The molecule has 3 nitrogen and oxygen atoms in total. The van der Waals surface area contributed by atoms with Crippen molar-refractivity contribution in [2.45, 2.75) is 6.92 Å². The van der Waals surface area contributed by atoms with Crippen molar-refractivity contribution in [2.24, 2.45) is 0 Å². The quantitative estimate of drug-likeness (QED) is 0.168. The average molecular weight is 778 g/mol. The summed E-state index contributed by atoms with van der Waals surface area (Å²) in [5, 5.41) is 4.85. The van der Waals surface area contributed by atoms with Gasteiger partial charge in [0.05, 0.1) is 0 Å². The van der Waals surface area contributed by atoms with Crippen molar-refractivity contribution in [3.63, 3.8) is 0 Å². The van der Waals surface area contributed by atoms with Crippen LogP contribution in [0.2, 0.25) is 0 Å². The molecule has 9 aromatic rings. The maximum absolute atomic E-state index is 6.13. The van der Waals surface area contributed by atoms with Crippen LogP contribution in [0.1, 0.15) is 12.5 Å². The summed E-state index contributed by atoms with van der Waals surface area (Å²) in [6.07, 6.45) is 16.0. The molecule has 4 heteroatoms. The molecule has 0 amide bonds. The molecule has 0 unspecified atom stereocenters. The Labute approximate surface area is 347 Å². The van der Waals surface area contributed by atoms with Gasteiger partial charge < -0.3 is 14.1 Å². The average Bonchev–Trinajstić information content (AvgIpc) is 3.84. The summed E-state index contributed by atoms with van der Waals surface area (Å²) in [6.45, 7) is 5.94. The number of nitrogens with zero attached hydrogens (tertiary/aromatic N) is 1. The van der Waals surface area contributed by atoms with E-state index in [9.17, 15) is 0 Å². The number of benzene rings is 7. The molecule has 0 bridgehead atoms. The van der Waals surface area contributed by atoms with Gasteiger partial charge in [0.1, 0.15) is 22.7 Å². The summed E-state index contributed by atoms with van der Waals surface area (Å²) in [6, 6.07) is 56.7. The first-order chi connectivity index (χ1) is 29.0. The first kappa shape index (κ1) is 36.0. The summed E-state index contributed by atoms with van der Waals surface area (Å²) in [5.41, 5.74) is 11.8. The van der Waals surface area contributed by atoms with Crippen LogP contribution in [0.15, 0.2) is 229 Å². The van der Waals surface area contributed by atoms with E-state index in [0.29, 0.717) is 5.76 Å². The molecule has 0 spiro atoms. The molecule has 0 saturated heterocycles. The topological polar surface area (TPSA) is 25.6 Å². The first-order valence-corrected chi connectivity index (χ1v) is 20.6. The van der Waals surface area contributed by atoms with E-state index in [1.54, 1.807) is 0 Å². The second kappa shape index (κ2) is 15.5.